The zero-order chi connectivity index (χ0) is 21.0. The third-order valence-corrected chi connectivity index (χ3v) is 5.20. The number of methoxy groups -OCH3 is 1. The highest BCUT2D eigenvalue weighted by Gasteiger charge is 2.39. The minimum atomic E-state index is -0.879. The van der Waals surface area contributed by atoms with Gasteiger partial charge in [0.1, 0.15) is 5.75 Å². The molecule has 0 aromatic heterocycles. The summed E-state index contributed by atoms with van der Waals surface area (Å²) in [5.41, 5.74) is 2.89. The highest BCUT2D eigenvalue weighted by Crippen LogP contribution is 2.36. The van der Waals surface area contributed by atoms with Gasteiger partial charge in [0, 0.05) is 31.6 Å². The van der Waals surface area contributed by atoms with Crippen molar-refractivity contribution in [1.82, 2.24) is 4.90 Å². The topological polar surface area (TPSA) is 59.1 Å². The van der Waals surface area contributed by atoms with E-state index in [1.165, 1.54) is 6.92 Å². The normalized spacial score (nSPS) is 18.9. The molecule has 0 saturated carbocycles. The first-order valence-electron chi connectivity index (χ1n) is 9.76. The Morgan fingerprint density at radius 2 is 1.83 bits per heavy atom. The molecule has 29 heavy (non-hydrogen) atoms. The summed E-state index contributed by atoms with van der Waals surface area (Å²) in [6.07, 6.45) is -0.277. The Bertz CT molecular complexity index is 863. The monoisotopic (exact) mass is 396 g/mol. The number of amides is 1. The number of carbonyl (C=O) groups is 2. The van der Waals surface area contributed by atoms with Gasteiger partial charge in [-0.15, -0.1) is 0 Å². The predicted molar refractivity (Wildman–Crippen MR) is 112 cm³/mol. The van der Waals surface area contributed by atoms with Crippen molar-refractivity contribution in [1.29, 1.82) is 0 Å². The van der Waals surface area contributed by atoms with Crippen molar-refractivity contribution >= 4 is 17.6 Å². The van der Waals surface area contributed by atoms with Gasteiger partial charge in [0.25, 0.3) is 5.91 Å². The molecule has 2 atom stereocenters. The standard InChI is InChI=1S/C23H28N2O4/c1-16(26)29-22-20(17-9-11-19(28-4)12-10-17)15-18-7-5-6-8-21(18)25(23(22)27)14-13-24(2)3/h5-12,20,22H,13-15H2,1-4H3/t20-,22-/m0/s1. The number of likely N-dealkylation sites (N-methyl/N-ethyl adjacent to an activating group) is 1. The summed E-state index contributed by atoms with van der Waals surface area (Å²) in [6.45, 7) is 2.58. The summed E-state index contributed by atoms with van der Waals surface area (Å²) in [5, 5.41) is 0. The summed E-state index contributed by atoms with van der Waals surface area (Å²) in [4.78, 5) is 29.2. The lowest BCUT2D eigenvalue weighted by Crippen LogP contribution is -2.45. The van der Waals surface area contributed by atoms with Gasteiger partial charge in [0.15, 0.2) is 6.10 Å². The number of fused-ring (bicyclic) bond motifs is 1. The van der Waals surface area contributed by atoms with Crippen LogP contribution < -0.4 is 9.64 Å². The maximum absolute atomic E-state index is 13.6. The fourth-order valence-corrected chi connectivity index (χ4v) is 3.72. The Hall–Kier alpha value is -2.86. The lowest BCUT2D eigenvalue weighted by Gasteiger charge is -2.29. The Balaban J connectivity index is 2.06. The van der Waals surface area contributed by atoms with Crippen molar-refractivity contribution in [2.45, 2.75) is 25.4 Å². The Morgan fingerprint density at radius 1 is 1.14 bits per heavy atom. The van der Waals surface area contributed by atoms with Gasteiger partial charge < -0.3 is 19.3 Å². The molecule has 0 N–H and O–H groups in total. The molecular weight excluding hydrogens is 368 g/mol. The van der Waals surface area contributed by atoms with Crippen LogP contribution in [0.15, 0.2) is 48.5 Å². The number of para-hydroxylation sites is 1. The molecule has 3 rings (SSSR count). The molecule has 0 spiro atoms. The predicted octanol–water partition coefficient (Wildman–Crippen LogP) is 2.86. The quantitative estimate of drug-likeness (QED) is 0.703. The second-order valence-electron chi connectivity index (χ2n) is 7.54. The average Bonchev–Trinajstić information content (AvgIpc) is 2.81. The average molecular weight is 396 g/mol. The largest absolute Gasteiger partial charge is 0.497 e. The Labute approximate surface area is 172 Å². The van der Waals surface area contributed by atoms with Gasteiger partial charge in [-0.2, -0.15) is 0 Å². The van der Waals surface area contributed by atoms with E-state index in [-0.39, 0.29) is 11.8 Å². The molecule has 0 radical (unpaired) electrons. The van der Waals surface area contributed by atoms with Crippen molar-refractivity contribution in [2.24, 2.45) is 0 Å². The second-order valence-corrected chi connectivity index (χ2v) is 7.54. The van der Waals surface area contributed by atoms with Crippen LogP contribution in [0, 0.1) is 0 Å². The van der Waals surface area contributed by atoms with Crippen LogP contribution in [0.25, 0.3) is 0 Å². The van der Waals surface area contributed by atoms with Gasteiger partial charge in [0.2, 0.25) is 0 Å². The van der Waals surface area contributed by atoms with Crippen LogP contribution in [-0.2, 0) is 20.7 Å². The summed E-state index contributed by atoms with van der Waals surface area (Å²) in [6, 6.07) is 15.5. The molecule has 0 unspecified atom stereocenters. The molecule has 0 aliphatic carbocycles. The lowest BCUT2D eigenvalue weighted by atomic mass is 9.87. The van der Waals surface area contributed by atoms with E-state index in [2.05, 4.69) is 0 Å². The van der Waals surface area contributed by atoms with Gasteiger partial charge >= 0.3 is 5.97 Å². The van der Waals surface area contributed by atoms with Gasteiger partial charge in [-0.3, -0.25) is 9.59 Å². The molecule has 0 saturated heterocycles. The van der Waals surface area contributed by atoms with Gasteiger partial charge in [-0.25, -0.2) is 0 Å². The van der Waals surface area contributed by atoms with E-state index in [1.54, 1.807) is 12.0 Å². The smallest absolute Gasteiger partial charge is 0.303 e. The first-order chi connectivity index (χ1) is 13.9. The lowest BCUT2D eigenvalue weighted by molar-refractivity contribution is -0.154. The minimum absolute atomic E-state index is 0.187. The Kier molecular flexibility index (Phi) is 6.54. The van der Waals surface area contributed by atoms with E-state index in [0.29, 0.717) is 19.5 Å². The minimum Gasteiger partial charge on any atom is -0.497 e. The summed E-state index contributed by atoms with van der Waals surface area (Å²) in [7, 11) is 5.56. The summed E-state index contributed by atoms with van der Waals surface area (Å²) >= 11 is 0. The number of benzene rings is 2. The molecule has 6 nitrogen and oxygen atoms in total. The van der Waals surface area contributed by atoms with Crippen molar-refractivity contribution < 1.29 is 19.1 Å². The van der Waals surface area contributed by atoms with Crippen LogP contribution in [0.2, 0.25) is 0 Å². The fourth-order valence-electron chi connectivity index (χ4n) is 3.72. The number of rotatable bonds is 6. The van der Waals surface area contributed by atoms with Crippen LogP contribution in [0.4, 0.5) is 5.69 Å². The van der Waals surface area contributed by atoms with Crippen LogP contribution in [0.5, 0.6) is 5.75 Å². The second kappa shape index (κ2) is 9.09. The van der Waals surface area contributed by atoms with Crippen molar-refractivity contribution in [2.75, 3.05) is 39.2 Å². The van der Waals surface area contributed by atoms with Crippen molar-refractivity contribution in [3.63, 3.8) is 0 Å². The third kappa shape index (κ3) is 4.77. The molecule has 2 aromatic carbocycles. The van der Waals surface area contributed by atoms with Gasteiger partial charge in [-0.05, 0) is 49.8 Å². The van der Waals surface area contributed by atoms with E-state index in [9.17, 15) is 9.59 Å². The zero-order valence-electron chi connectivity index (χ0n) is 17.4. The molecule has 1 heterocycles. The van der Waals surface area contributed by atoms with Crippen LogP contribution in [0.3, 0.4) is 0 Å². The van der Waals surface area contributed by atoms with E-state index < -0.39 is 12.1 Å². The molecule has 0 bridgehead atoms. The summed E-state index contributed by atoms with van der Waals surface area (Å²) in [5.74, 6) is -0.179. The number of nitrogens with zero attached hydrogens (tertiary/aromatic N) is 2. The molecule has 0 fully saturated rings. The summed E-state index contributed by atoms with van der Waals surface area (Å²) < 4.78 is 10.9. The number of hydrogen-bond donors (Lipinski definition) is 0. The molecule has 1 aliphatic rings. The van der Waals surface area contributed by atoms with Crippen molar-refractivity contribution in [3.8, 4) is 5.75 Å². The van der Waals surface area contributed by atoms with E-state index in [4.69, 9.17) is 9.47 Å². The van der Waals surface area contributed by atoms with Crippen LogP contribution in [-0.4, -0.2) is 57.2 Å². The van der Waals surface area contributed by atoms with Gasteiger partial charge in [-0.1, -0.05) is 30.3 Å². The number of ether oxygens (including phenoxy) is 2. The van der Waals surface area contributed by atoms with Gasteiger partial charge in [0.05, 0.1) is 7.11 Å². The number of esters is 1. The molecular formula is C23H28N2O4. The third-order valence-electron chi connectivity index (χ3n) is 5.20. The first kappa shape index (κ1) is 20.9. The first-order valence-corrected chi connectivity index (χ1v) is 9.76. The molecule has 1 amide bonds. The number of hydrogen-bond acceptors (Lipinski definition) is 5. The maximum Gasteiger partial charge on any atom is 0.303 e. The Morgan fingerprint density at radius 3 is 2.45 bits per heavy atom. The van der Waals surface area contributed by atoms with Crippen LogP contribution in [0.1, 0.15) is 24.0 Å². The highest BCUT2D eigenvalue weighted by molar-refractivity contribution is 5.99. The number of carbonyl (C=O) groups excluding carboxylic acids is 2. The molecule has 1 aliphatic heterocycles. The van der Waals surface area contributed by atoms with Crippen molar-refractivity contribution in [3.05, 3.63) is 59.7 Å². The fraction of sp³-hybridized carbons (Fsp3) is 0.391. The van der Waals surface area contributed by atoms with E-state index >= 15 is 0 Å². The molecule has 154 valence electrons. The maximum atomic E-state index is 13.6. The van der Waals surface area contributed by atoms with E-state index in [0.717, 1.165) is 22.6 Å². The zero-order valence-corrected chi connectivity index (χ0v) is 17.4. The number of anilines is 1. The molecule has 6 heteroatoms. The SMILES string of the molecule is COc1ccc([C@@H]2Cc3ccccc3N(CCN(C)C)C(=O)[C@H]2OC(C)=O)cc1. The van der Waals surface area contributed by atoms with E-state index in [1.807, 2.05) is 67.5 Å². The highest BCUT2D eigenvalue weighted by atomic mass is 16.5. The molecule has 2 aromatic rings. The van der Waals surface area contributed by atoms with Crippen LogP contribution >= 0.6 is 0 Å².